The molecule has 0 aliphatic heterocycles. The van der Waals surface area contributed by atoms with Gasteiger partial charge in [-0.25, -0.2) is 0 Å². The van der Waals surface area contributed by atoms with Crippen molar-refractivity contribution in [3.63, 3.8) is 0 Å². The average molecular weight is 387 g/mol. The molecule has 28 heavy (non-hydrogen) atoms. The van der Waals surface area contributed by atoms with Gasteiger partial charge in [0.1, 0.15) is 11.8 Å². The van der Waals surface area contributed by atoms with Crippen molar-refractivity contribution >= 4 is 17.6 Å². The van der Waals surface area contributed by atoms with Crippen molar-refractivity contribution < 1.29 is 14.4 Å². The summed E-state index contributed by atoms with van der Waals surface area (Å²) in [6.07, 6.45) is 9.00. The van der Waals surface area contributed by atoms with Gasteiger partial charge in [-0.2, -0.15) is 0 Å². The smallest absolute Gasteiger partial charge is 0.242 e. The predicted octanol–water partition coefficient (Wildman–Crippen LogP) is 3.70. The quantitative estimate of drug-likeness (QED) is 0.538. The van der Waals surface area contributed by atoms with E-state index in [4.69, 9.17) is 0 Å². The van der Waals surface area contributed by atoms with Gasteiger partial charge < -0.3 is 10.6 Å². The monoisotopic (exact) mass is 386 g/mol. The molecule has 0 saturated heterocycles. The first kappa shape index (κ1) is 22.1. The number of nitrogens with one attached hydrogen (secondary N) is 2. The number of Topliss-reactive ketones (excluding diaryl/α,β-unsaturated/α-hetero) is 1. The van der Waals surface area contributed by atoms with Crippen LogP contribution >= 0.6 is 0 Å². The molecule has 1 aromatic rings. The zero-order chi connectivity index (χ0) is 20.2. The Morgan fingerprint density at radius 3 is 2.43 bits per heavy atom. The van der Waals surface area contributed by atoms with Crippen LogP contribution in [0.3, 0.4) is 0 Å². The van der Waals surface area contributed by atoms with Crippen LogP contribution in [0.4, 0.5) is 0 Å². The zero-order valence-corrected chi connectivity index (χ0v) is 17.0. The molecule has 1 unspecified atom stereocenters. The highest BCUT2D eigenvalue weighted by Gasteiger charge is 2.24. The van der Waals surface area contributed by atoms with Gasteiger partial charge >= 0.3 is 0 Å². The van der Waals surface area contributed by atoms with Crippen LogP contribution < -0.4 is 10.6 Å². The summed E-state index contributed by atoms with van der Waals surface area (Å²) in [5, 5.41) is 6.04. The summed E-state index contributed by atoms with van der Waals surface area (Å²) in [6.45, 7) is 1.88. The second-order valence-corrected chi connectivity index (χ2v) is 7.76. The predicted molar refractivity (Wildman–Crippen MR) is 111 cm³/mol. The summed E-state index contributed by atoms with van der Waals surface area (Å²) in [7, 11) is 0. The number of hydrogen-bond donors (Lipinski definition) is 2. The standard InChI is InChI=1S/C23H34N2O3/c1-2-20(26)15-7-4-8-16-21(23(28)24-19-13-9-10-14-19)25-22(27)17-18-11-5-3-6-12-18/h3,5-6,11-12,19,21H,2,4,7-10,13-17H2,1H3,(H,24,28)(H,25,27). The molecule has 2 rings (SSSR count). The number of carbonyl (C=O) groups is 3. The van der Waals surface area contributed by atoms with E-state index < -0.39 is 6.04 Å². The summed E-state index contributed by atoms with van der Waals surface area (Å²) in [6, 6.07) is 9.30. The Hall–Kier alpha value is -2.17. The van der Waals surface area contributed by atoms with E-state index in [1.165, 1.54) is 0 Å². The minimum absolute atomic E-state index is 0.0713. The highest BCUT2D eigenvalue weighted by Crippen LogP contribution is 2.18. The minimum atomic E-state index is -0.501. The van der Waals surface area contributed by atoms with Crippen LogP contribution in [0.25, 0.3) is 0 Å². The SMILES string of the molecule is CCC(=O)CCCCCC(NC(=O)Cc1ccccc1)C(=O)NC1CCCC1. The first-order valence-electron chi connectivity index (χ1n) is 10.7. The highest BCUT2D eigenvalue weighted by atomic mass is 16.2. The lowest BCUT2D eigenvalue weighted by Crippen LogP contribution is -2.49. The zero-order valence-electron chi connectivity index (χ0n) is 17.0. The topological polar surface area (TPSA) is 75.3 Å². The molecular weight excluding hydrogens is 352 g/mol. The first-order valence-corrected chi connectivity index (χ1v) is 10.7. The molecule has 1 aliphatic carbocycles. The molecule has 1 atom stereocenters. The summed E-state index contributed by atoms with van der Waals surface area (Å²) in [5.74, 6) is 0.0866. The van der Waals surface area contributed by atoms with Crippen LogP contribution in [0.1, 0.15) is 76.7 Å². The maximum absolute atomic E-state index is 12.7. The number of benzene rings is 1. The van der Waals surface area contributed by atoms with Gasteiger partial charge in [0.2, 0.25) is 11.8 Å². The van der Waals surface area contributed by atoms with E-state index in [1.807, 2.05) is 37.3 Å². The molecule has 0 heterocycles. The summed E-state index contributed by atoms with van der Waals surface area (Å²) in [4.78, 5) is 36.6. The number of amides is 2. The van der Waals surface area contributed by atoms with Gasteiger partial charge in [-0.3, -0.25) is 14.4 Å². The molecule has 2 N–H and O–H groups in total. The largest absolute Gasteiger partial charge is 0.352 e. The number of unbranched alkanes of at least 4 members (excludes halogenated alkanes) is 2. The Morgan fingerprint density at radius 2 is 1.75 bits per heavy atom. The van der Waals surface area contributed by atoms with Gasteiger partial charge in [0.15, 0.2) is 0 Å². The number of rotatable bonds is 12. The molecule has 0 radical (unpaired) electrons. The lowest BCUT2D eigenvalue weighted by atomic mass is 10.0. The van der Waals surface area contributed by atoms with Gasteiger partial charge in [-0.05, 0) is 31.2 Å². The Bertz CT molecular complexity index is 624. The fourth-order valence-electron chi connectivity index (χ4n) is 3.69. The lowest BCUT2D eigenvalue weighted by Gasteiger charge is -2.21. The first-order chi connectivity index (χ1) is 13.6. The molecular formula is C23H34N2O3. The summed E-state index contributed by atoms with van der Waals surface area (Å²) >= 11 is 0. The van der Waals surface area contributed by atoms with Crippen molar-refractivity contribution in [1.82, 2.24) is 10.6 Å². The third-order valence-electron chi connectivity index (χ3n) is 5.40. The van der Waals surface area contributed by atoms with E-state index in [0.29, 0.717) is 19.3 Å². The second-order valence-electron chi connectivity index (χ2n) is 7.76. The normalized spacial score (nSPS) is 15.2. The minimum Gasteiger partial charge on any atom is -0.352 e. The van der Waals surface area contributed by atoms with E-state index in [1.54, 1.807) is 0 Å². The molecule has 5 heteroatoms. The van der Waals surface area contributed by atoms with Crippen LogP contribution in [0.5, 0.6) is 0 Å². The van der Waals surface area contributed by atoms with Gasteiger partial charge in [-0.1, -0.05) is 62.9 Å². The average Bonchev–Trinajstić information content (AvgIpc) is 3.20. The maximum Gasteiger partial charge on any atom is 0.242 e. The summed E-state index contributed by atoms with van der Waals surface area (Å²) in [5.41, 5.74) is 0.938. The number of carbonyl (C=O) groups excluding carboxylic acids is 3. The third kappa shape index (κ3) is 8.24. The van der Waals surface area contributed by atoms with Gasteiger partial charge in [-0.15, -0.1) is 0 Å². The van der Waals surface area contributed by atoms with Crippen LogP contribution in [-0.2, 0) is 20.8 Å². The van der Waals surface area contributed by atoms with Crippen LogP contribution in [0, 0.1) is 0 Å². The Kier molecular flexibility index (Phi) is 9.73. The fraction of sp³-hybridized carbons (Fsp3) is 0.609. The van der Waals surface area contributed by atoms with Crippen molar-refractivity contribution in [3.05, 3.63) is 35.9 Å². The van der Waals surface area contributed by atoms with E-state index in [2.05, 4.69) is 10.6 Å². The molecule has 2 amide bonds. The Morgan fingerprint density at radius 1 is 1.04 bits per heavy atom. The fourth-order valence-corrected chi connectivity index (χ4v) is 3.69. The van der Waals surface area contributed by atoms with E-state index in [-0.39, 0.29) is 30.1 Å². The van der Waals surface area contributed by atoms with Crippen molar-refractivity contribution in [2.24, 2.45) is 0 Å². The highest BCUT2D eigenvalue weighted by molar-refractivity contribution is 5.88. The van der Waals surface area contributed by atoms with Gasteiger partial charge in [0.25, 0.3) is 0 Å². The Labute approximate surface area is 168 Å². The van der Waals surface area contributed by atoms with Gasteiger partial charge in [0, 0.05) is 18.9 Å². The van der Waals surface area contributed by atoms with Crippen LogP contribution in [-0.4, -0.2) is 29.7 Å². The van der Waals surface area contributed by atoms with E-state index >= 15 is 0 Å². The maximum atomic E-state index is 12.7. The molecule has 1 fully saturated rings. The van der Waals surface area contributed by atoms with Crippen molar-refractivity contribution in [3.8, 4) is 0 Å². The second kappa shape index (κ2) is 12.3. The third-order valence-corrected chi connectivity index (χ3v) is 5.40. The van der Waals surface area contributed by atoms with Crippen molar-refractivity contribution in [2.75, 3.05) is 0 Å². The molecule has 5 nitrogen and oxygen atoms in total. The molecule has 1 aromatic carbocycles. The lowest BCUT2D eigenvalue weighted by molar-refractivity contribution is -0.129. The molecule has 1 aliphatic rings. The molecule has 154 valence electrons. The molecule has 1 saturated carbocycles. The molecule has 0 spiro atoms. The van der Waals surface area contributed by atoms with Crippen molar-refractivity contribution in [1.29, 1.82) is 0 Å². The van der Waals surface area contributed by atoms with Crippen LogP contribution in [0.2, 0.25) is 0 Å². The number of ketones is 1. The Balaban J connectivity index is 1.84. The van der Waals surface area contributed by atoms with Crippen LogP contribution in [0.15, 0.2) is 30.3 Å². The van der Waals surface area contributed by atoms with Gasteiger partial charge in [0.05, 0.1) is 6.42 Å². The summed E-state index contributed by atoms with van der Waals surface area (Å²) < 4.78 is 0. The molecule has 0 bridgehead atoms. The van der Waals surface area contributed by atoms with E-state index in [0.717, 1.165) is 50.5 Å². The van der Waals surface area contributed by atoms with Crippen molar-refractivity contribution in [2.45, 2.75) is 89.6 Å². The van der Waals surface area contributed by atoms with E-state index in [9.17, 15) is 14.4 Å². The number of hydrogen-bond acceptors (Lipinski definition) is 3. The molecule has 0 aromatic heterocycles.